The van der Waals surface area contributed by atoms with Crippen molar-refractivity contribution in [2.24, 2.45) is 0 Å². The first-order valence-corrected chi connectivity index (χ1v) is 10.2. The van der Waals surface area contributed by atoms with E-state index in [9.17, 15) is 10.1 Å². The fraction of sp³-hybridized carbons (Fsp3) is 0.125. The van der Waals surface area contributed by atoms with Crippen LogP contribution in [-0.4, -0.2) is 25.4 Å². The smallest absolute Gasteiger partial charge is 0.335 e. The van der Waals surface area contributed by atoms with Crippen molar-refractivity contribution < 1.29 is 9.90 Å². The highest BCUT2D eigenvalue weighted by Crippen LogP contribution is 2.30. The molecule has 6 nitrogen and oxygen atoms in total. The van der Waals surface area contributed by atoms with Crippen molar-refractivity contribution in [2.75, 3.05) is 0 Å². The van der Waals surface area contributed by atoms with Crippen LogP contribution in [0.15, 0.2) is 61.1 Å². The molecule has 31 heavy (non-hydrogen) atoms. The number of halogens is 1. The van der Waals surface area contributed by atoms with Crippen LogP contribution >= 0.6 is 11.6 Å². The quantitative estimate of drug-likeness (QED) is 0.400. The Morgan fingerprint density at radius 3 is 2.61 bits per heavy atom. The molecule has 0 saturated carbocycles. The topological polar surface area (TPSA) is 83.8 Å². The second kappa shape index (κ2) is 8.50. The van der Waals surface area contributed by atoms with Crippen molar-refractivity contribution in [3.8, 4) is 11.8 Å². The molecule has 0 saturated heterocycles. The lowest BCUT2D eigenvalue weighted by atomic mass is 10.0. The number of aromatic nitrogens is 3. The van der Waals surface area contributed by atoms with Gasteiger partial charge in [0.2, 0.25) is 0 Å². The van der Waals surface area contributed by atoms with Crippen LogP contribution in [0.2, 0.25) is 5.02 Å². The molecule has 4 rings (SSSR count). The van der Waals surface area contributed by atoms with Crippen LogP contribution in [0.1, 0.15) is 34.8 Å². The number of aryl methyl sites for hydroxylation is 1. The molecule has 0 bridgehead atoms. The number of carbonyl (C=O) groups is 1. The number of allylic oxidation sites excluding steroid dienone is 1. The largest absolute Gasteiger partial charge is 0.478 e. The van der Waals surface area contributed by atoms with Gasteiger partial charge in [0.05, 0.1) is 34.6 Å². The number of benzene rings is 2. The molecule has 0 radical (unpaired) electrons. The Kier molecular flexibility index (Phi) is 5.61. The molecule has 0 aliphatic rings. The highest BCUT2D eigenvalue weighted by molar-refractivity contribution is 6.31. The number of nitrogens with zero attached hydrogens (tertiary/aromatic N) is 4. The lowest BCUT2D eigenvalue weighted by Crippen LogP contribution is -1.96. The maximum atomic E-state index is 11.1. The van der Waals surface area contributed by atoms with Crippen LogP contribution in [0, 0.1) is 11.3 Å². The molecule has 2 aromatic carbocycles. The van der Waals surface area contributed by atoms with E-state index in [1.54, 1.807) is 24.4 Å². The first kappa shape index (κ1) is 20.5. The molecule has 2 heterocycles. The maximum Gasteiger partial charge on any atom is 0.335 e. The van der Waals surface area contributed by atoms with Gasteiger partial charge in [0, 0.05) is 34.9 Å². The van der Waals surface area contributed by atoms with Crippen molar-refractivity contribution in [3.05, 3.63) is 82.8 Å². The summed E-state index contributed by atoms with van der Waals surface area (Å²) in [7, 11) is 0. The number of fused-ring (bicyclic) bond motifs is 1. The normalized spacial score (nSPS) is 11.6. The summed E-state index contributed by atoms with van der Waals surface area (Å²) in [4.78, 5) is 11.1. The van der Waals surface area contributed by atoms with Gasteiger partial charge in [-0.1, -0.05) is 36.7 Å². The van der Waals surface area contributed by atoms with E-state index in [1.807, 2.05) is 39.8 Å². The van der Waals surface area contributed by atoms with Crippen molar-refractivity contribution >= 4 is 40.1 Å². The minimum atomic E-state index is -1.00. The summed E-state index contributed by atoms with van der Waals surface area (Å²) >= 11 is 6.26. The lowest BCUT2D eigenvalue weighted by molar-refractivity contribution is 0.0697. The third kappa shape index (κ3) is 4.09. The van der Waals surface area contributed by atoms with Gasteiger partial charge in [-0.15, -0.1) is 0 Å². The highest BCUT2D eigenvalue weighted by atomic mass is 35.5. The Labute approximate surface area is 184 Å². The van der Waals surface area contributed by atoms with E-state index in [-0.39, 0.29) is 5.56 Å². The van der Waals surface area contributed by atoms with Crippen LogP contribution in [0.3, 0.4) is 0 Å². The van der Waals surface area contributed by atoms with Gasteiger partial charge in [0.1, 0.15) is 0 Å². The van der Waals surface area contributed by atoms with Crippen molar-refractivity contribution in [1.29, 1.82) is 5.26 Å². The lowest BCUT2D eigenvalue weighted by Gasteiger charge is -2.02. The zero-order valence-corrected chi connectivity index (χ0v) is 17.5. The Bertz CT molecular complexity index is 1340. The Balaban J connectivity index is 1.83. The third-order valence-corrected chi connectivity index (χ3v) is 5.25. The van der Waals surface area contributed by atoms with E-state index in [0.29, 0.717) is 16.2 Å². The fourth-order valence-corrected chi connectivity index (χ4v) is 3.68. The Hall–Kier alpha value is -3.82. The number of hydrogen-bond acceptors (Lipinski definition) is 3. The summed E-state index contributed by atoms with van der Waals surface area (Å²) in [5.41, 5.74) is 3.94. The zero-order chi connectivity index (χ0) is 22.0. The number of carboxylic acid groups (broad SMARTS) is 1. The van der Waals surface area contributed by atoms with Crippen molar-refractivity contribution in [2.45, 2.75) is 19.9 Å². The Morgan fingerprint density at radius 1 is 1.19 bits per heavy atom. The van der Waals surface area contributed by atoms with Gasteiger partial charge >= 0.3 is 5.97 Å². The van der Waals surface area contributed by atoms with Crippen LogP contribution in [0.5, 0.6) is 0 Å². The monoisotopic (exact) mass is 430 g/mol. The van der Waals surface area contributed by atoms with Crippen LogP contribution in [0.25, 0.3) is 28.2 Å². The number of carboxylic acids is 1. The summed E-state index contributed by atoms with van der Waals surface area (Å²) in [5, 5.41) is 24.8. The number of aromatic carboxylic acids is 1. The number of hydrogen-bond donors (Lipinski definition) is 1. The van der Waals surface area contributed by atoms with Gasteiger partial charge in [-0.25, -0.2) is 4.79 Å². The van der Waals surface area contributed by atoms with Gasteiger partial charge in [-0.2, -0.15) is 10.4 Å². The molecule has 0 amide bonds. The van der Waals surface area contributed by atoms with Crippen LogP contribution in [0.4, 0.5) is 0 Å². The standard InChI is InChI=1S/C24H19ClN4O2/c1-2-9-28-15-21(13-27-28)29-14-19(22-8-7-20(25)11-23(22)29)10-18(12-26)16-3-5-17(6-4-16)24(30)31/h3-8,10-11,13-15H,2,9H2,1H3,(H,30,31)/b18-10+. The van der Waals surface area contributed by atoms with Gasteiger partial charge < -0.3 is 9.67 Å². The summed E-state index contributed by atoms with van der Waals surface area (Å²) in [6.07, 6.45) is 8.53. The second-order valence-corrected chi connectivity index (χ2v) is 7.57. The van der Waals surface area contributed by atoms with E-state index in [2.05, 4.69) is 18.1 Å². The van der Waals surface area contributed by atoms with Gasteiger partial charge in [0.25, 0.3) is 0 Å². The molecule has 0 unspecified atom stereocenters. The minimum absolute atomic E-state index is 0.177. The van der Waals surface area contributed by atoms with Crippen LogP contribution in [-0.2, 0) is 6.54 Å². The SMILES string of the molecule is CCCn1cc(-n2cc(/C=C(\C#N)c3ccc(C(=O)O)cc3)c3ccc(Cl)cc32)cn1. The molecule has 0 atom stereocenters. The third-order valence-electron chi connectivity index (χ3n) is 5.01. The van der Waals surface area contributed by atoms with E-state index >= 15 is 0 Å². The molecule has 154 valence electrons. The predicted molar refractivity (Wildman–Crippen MR) is 121 cm³/mol. The molecule has 0 fully saturated rings. The molecule has 2 aromatic heterocycles. The second-order valence-electron chi connectivity index (χ2n) is 7.13. The molecule has 0 aliphatic heterocycles. The molecular formula is C24H19ClN4O2. The number of rotatable bonds is 6. The van der Waals surface area contributed by atoms with E-state index < -0.39 is 5.97 Å². The zero-order valence-electron chi connectivity index (χ0n) is 16.8. The molecule has 1 N–H and O–H groups in total. The maximum absolute atomic E-state index is 11.1. The highest BCUT2D eigenvalue weighted by Gasteiger charge is 2.13. The van der Waals surface area contributed by atoms with Gasteiger partial charge in [-0.3, -0.25) is 4.68 Å². The van der Waals surface area contributed by atoms with Crippen molar-refractivity contribution in [1.82, 2.24) is 14.3 Å². The Morgan fingerprint density at radius 2 is 1.94 bits per heavy atom. The summed E-state index contributed by atoms with van der Waals surface area (Å²) in [5.74, 6) is -1.00. The molecule has 4 aromatic rings. The minimum Gasteiger partial charge on any atom is -0.478 e. The summed E-state index contributed by atoms with van der Waals surface area (Å²) in [6, 6.07) is 14.1. The van der Waals surface area contributed by atoms with Gasteiger partial charge in [-0.05, 0) is 42.3 Å². The average molecular weight is 431 g/mol. The first-order chi connectivity index (χ1) is 15.0. The van der Waals surface area contributed by atoms with E-state index in [0.717, 1.165) is 35.1 Å². The van der Waals surface area contributed by atoms with Gasteiger partial charge in [0.15, 0.2) is 0 Å². The average Bonchev–Trinajstić information content (AvgIpc) is 3.36. The molecule has 0 spiro atoms. The predicted octanol–water partition coefficient (Wildman–Crippen LogP) is 5.65. The number of nitriles is 1. The first-order valence-electron chi connectivity index (χ1n) is 9.79. The molecular weight excluding hydrogens is 412 g/mol. The fourth-order valence-electron chi connectivity index (χ4n) is 3.51. The van der Waals surface area contributed by atoms with Crippen molar-refractivity contribution in [3.63, 3.8) is 0 Å². The molecule has 0 aliphatic carbocycles. The summed E-state index contributed by atoms with van der Waals surface area (Å²) in [6.45, 7) is 2.93. The van der Waals surface area contributed by atoms with Crippen LogP contribution < -0.4 is 0 Å². The van der Waals surface area contributed by atoms with E-state index in [1.165, 1.54) is 12.1 Å². The molecule has 7 heteroatoms. The summed E-state index contributed by atoms with van der Waals surface area (Å²) < 4.78 is 3.90. The van der Waals surface area contributed by atoms with E-state index in [4.69, 9.17) is 16.7 Å².